The molecule has 2 N–H and O–H groups in total. The summed E-state index contributed by atoms with van der Waals surface area (Å²) in [6.45, 7) is 2.03. The van der Waals surface area contributed by atoms with E-state index >= 15 is 0 Å². The molecule has 0 radical (unpaired) electrons. The van der Waals surface area contributed by atoms with Gasteiger partial charge in [0, 0.05) is 43.6 Å². The molecule has 1 unspecified atom stereocenters. The van der Waals surface area contributed by atoms with Crippen molar-refractivity contribution in [2.45, 2.75) is 17.1 Å². The predicted molar refractivity (Wildman–Crippen MR) is 142 cm³/mol. The Morgan fingerprint density at radius 1 is 0.970 bits per heavy atom. The Hall–Kier alpha value is -2.46. The van der Waals surface area contributed by atoms with Gasteiger partial charge in [0.25, 0.3) is 0 Å². The van der Waals surface area contributed by atoms with Crippen LogP contribution in [0.4, 0.5) is 5.69 Å². The minimum absolute atomic E-state index is 0.0817. The smallest absolute Gasteiger partial charge is 0.241 e. The first-order chi connectivity index (χ1) is 15.7. The van der Waals surface area contributed by atoms with Gasteiger partial charge in [-0.3, -0.25) is 4.79 Å². The van der Waals surface area contributed by atoms with Gasteiger partial charge in [0.1, 0.15) is 0 Å². The van der Waals surface area contributed by atoms with Gasteiger partial charge < -0.3 is 10.2 Å². The molecule has 3 rings (SSSR count). The van der Waals surface area contributed by atoms with Crippen molar-refractivity contribution in [2.75, 3.05) is 32.1 Å². The number of fused-ring (bicyclic) bond motifs is 1. The number of amides is 1. The Bertz CT molecular complexity index is 1250. The molecule has 174 valence electrons. The van der Waals surface area contributed by atoms with E-state index in [1.54, 1.807) is 25.1 Å². The quantitative estimate of drug-likeness (QED) is 0.343. The van der Waals surface area contributed by atoms with Gasteiger partial charge >= 0.3 is 0 Å². The Kier molecular flexibility index (Phi) is 8.47. The molecule has 0 fully saturated rings. The molecule has 33 heavy (non-hydrogen) atoms. The number of nitrogens with zero attached hydrogens (tertiary/aromatic N) is 1. The molecule has 0 saturated heterocycles. The normalized spacial score (nSPS) is 12.3. The van der Waals surface area contributed by atoms with E-state index in [1.165, 1.54) is 11.8 Å². The highest BCUT2D eigenvalue weighted by molar-refractivity contribution is 8.24. The second-order valence-electron chi connectivity index (χ2n) is 7.63. The third kappa shape index (κ3) is 6.32. The van der Waals surface area contributed by atoms with Crippen LogP contribution < -0.4 is 14.9 Å². The molecule has 0 bridgehead atoms. The van der Waals surface area contributed by atoms with Gasteiger partial charge in [-0.25, -0.2) is 13.1 Å². The monoisotopic (exact) mass is 501 g/mol. The lowest BCUT2D eigenvalue weighted by Crippen LogP contribution is -2.38. The Labute approximate surface area is 204 Å². The van der Waals surface area contributed by atoms with E-state index in [9.17, 15) is 13.2 Å². The van der Waals surface area contributed by atoms with Crippen molar-refractivity contribution in [2.24, 2.45) is 0 Å². The van der Waals surface area contributed by atoms with E-state index in [2.05, 4.69) is 10.0 Å². The third-order valence-electron chi connectivity index (χ3n) is 5.01. The topological polar surface area (TPSA) is 78.5 Å². The average molecular weight is 502 g/mol. The SMILES string of the molecule is CC(SC(=S)c1ccccc1)C(=O)NCCNS(=O)(=O)c1cccc2c(N(C)C)cccc12. The van der Waals surface area contributed by atoms with Crippen molar-refractivity contribution < 1.29 is 13.2 Å². The molecule has 1 atom stereocenters. The lowest BCUT2D eigenvalue weighted by atomic mass is 10.1. The fourth-order valence-corrected chi connectivity index (χ4v) is 5.94. The second kappa shape index (κ2) is 11.1. The zero-order chi connectivity index (χ0) is 24.0. The Morgan fingerprint density at radius 2 is 1.64 bits per heavy atom. The molecule has 1 amide bonds. The summed E-state index contributed by atoms with van der Waals surface area (Å²) in [5.41, 5.74) is 1.84. The van der Waals surface area contributed by atoms with Gasteiger partial charge in [-0.2, -0.15) is 0 Å². The molecular formula is C24H27N3O3S3. The number of rotatable bonds is 9. The maximum atomic E-state index is 12.9. The molecular weight excluding hydrogens is 474 g/mol. The molecule has 9 heteroatoms. The number of hydrogen-bond donors (Lipinski definition) is 2. The van der Waals surface area contributed by atoms with E-state index in [0.29, 0.717) is 9.58 Å². The van der Waals surface area contributed by atoms with E-state index in [-0.39, 0.29) is 23.9 Å². The maximum absolute atomic E-state index is 12.9. The largest absolute Gasteiger partial charge is 0.377 e. The summed E-state index contributed by atoms with van der Waals surface area (Å²) in [7, 11) is 0.0903. The Balaban J connectivity index is 1.58. The van der Waals surface area contributed by atoms with E-state index in [0.717, 1.165) is 16.6 Å². The van der Waals surface area contributed by atoms with Crippen LogP contribution in [0, 0.1) is 0 Å². The summed E-state index contributed by atoms with van der Waals surface area (Å²) in [6.07, 6.45) is 0. The second-order valence-corrected chi connectivity index (χ2v) is 11.4. The summed E-state index contributed by atoms with van der Waals surface area (Å²) in [5, 5.41) is 3.89. The minimum atomic E-state index is -3.75. The van der Waals surface area contributed by atoms with Gasteiger partial charge in [-0.15, -0.1) is 11.8 Å². The first-order valence-corrected chi connectivity index (χ1v) is 13.2. The molecule has 0 aliphatic carbocycles. The summed E-state index contributed by atoms with van der Waals surface area (Å²) in [4.78, 5) is 14.6. The number of carbonyl (C=O) groups excluding carboxylic acids is 1. The molecule has 0 spiro atoms. The lowest BCUT2D eigenvalue weighted by Gasteiger charge is -2.17. The van der Waals surface area contributed by atoms with Gasteiger partial charge in [0.15, 0.2) is 0 Å². The van der Waals surface area contributed by atoms with Crippen molar-refractivity contribution in [3.63, 3.8) is 0 Å². The van der Waals surface area contributed by atoms with Gasteiger partial charge in [0.05, 0.1) is 14.3 Å². The first kappa shape index (κ1) is 25.2. The molecule has 0 saturated carbocycles. The Morgan fingerprint density at radius 3 is 2.33 bits per heavy atom. The predicted octanol–water partition coefficient (Wildman–Crippen LogP) is 3.80. The number of thiocarbonyl (C=S) groups is 1. The van der Waals surface area contributed by atoms with E-state index in [4.69, 9.17) is 12.2 Å². The summed E-state index contributed by atoms with van der Waals surface area (Å²) < 4.78 is 29.1. The third-order valence-corrected chi connectivity index (χ3v) is 8.07. The zero-order valence-corrected chi connectivity index (χ0v) is 21.2. The van der Waals surface area contributed by atoms with Crippen LogP contribution in [0.1, 0.15) is 12.5 Å². The number of thioether (sulfide) groups is 1. The fraction of sp³-hybridized carbons (Fsp3) is 0.250. The molecule has 6 nitrogen and oxygen atoms in total. The van der Waals surface area contributed by atoms with Crippen LogP contribution in [0.15, 0.2) is 71.6 Å². The van der Waals surface area contributed by atoms with Crippen molar-refractivity contribution in [1.29, 1.82) is 0 Å². The van der Waals surface area contributed by atoms with Crippen molar-refractivity contribution >= 4 is 60.6 Å². The average Bonchev–Trinajstić information content (AvgIpc) is 2.81. The molecule has 0 aliphatic heterocycles. The van der Waals surface area contributed by atoms with Gasteiger partial charge in [-0.1, -0.05) is 66.8 Å². The number of sulfonamides is 1. The summed E-state index contributed by atoms with van der Waals surface area (Å²) in [6, 6.07) is 20.3. The van der Waals surface area contributed by atoms with Crippen molar-refractivity contribution in [1.82, 2.24) is 10.0 Å². The van der Waals surface area contributed by atoms with Crippen LogP contribution in [0.25, 0.3) is 10.8 Å². The highest BCUT2D eigenvalue weighted by Crippen LogP contribution is 2.30. The van der Waals surface area contributed by atoms with Crippen molar-refractivity contribution in [3.8, 4) is 0 Å². The molecule has 0 heterocycles. The van der Waals surface area contributed by atoms with Crippen LogP contribution in [0.5, 0.6) is 0 Å². The van der Waals surface area contributed by atoms with Crippen LogP contribution in [-0.4, -0.2) is 51.0 Å². The van der Waals surface area contributed by atoms with Crippen molar-refractivity contribution in [3.05, 3.63) is 72.3 Å². The number of hydrogen-bond acceptors (Lipinski definition) is 6. The van der Waals surface area contributed by atoms with Crippen LogP contribution in [0.3, 0.4) is 0 Å². The highest BCUT2D eigenvalue weighted by atomic mass is 32.2. The number of anilines is 1. The van der Waals surface area contributed by atoms with Gasteiger partial charge in [-0.05, 0) is 24.6 Å². The summed E-state index contributed by atoms with van der Waals surface area (Å²) in [5.74, 6) is -0.196. The van der Waals surface area contributed by atoms with Crippen LogP contribution in [-0.2, 0) is 14.8 Å². The molecule has 0 aliphatic rings. The fourth-order valence-electron chi connectivity index (χ4n) is 3.34. The zero-order valence-electron chi connectivity index (χ0n) is 18.7. The number of benzene rings is 3. The number of carbonyl (C=O) groups is 1. The van der Waals surface area contributed by atoms with Gasteiger partial charge in [0.2, 0.25) is 15.9 Å². The first-order valence-electron chi connectivity index (χ1n) is 10.4. The maximum Gasteiger partial charge on any atom is 0.241 e. The molecule has 0 aromatic heterocycles. The standard InChI is InChI=1S/C24H27N3O3S3/c1-17(32-24(31)18-9-5-4-6-10-18)23(28)25-15-16-26-33(29,30)22-14-8-11-19-20(22)12-7-13-21(19)27(2)3/h4-14,17,26H,15-16H2,1-3H3,(H,25,28). The van der Waals surface area contributed by atoms with E-state index < -0.39 is 15.3 Å². The number of nitrogens with one attached hydrogen (secondary N) is 2. The van der Waals surface area contributed by atoms with Crippen LogP contribution >= 0.6 is 24.0 Å². The van der Waals surface area contributed by atoms with Crippen LogP contribution in [0.2, 0.25) is 0 Å². The molecule has 3 aromatic rings. The van der Waals surface area contributed by atoms with E-state index in [1.807, 2.05) is 67.5 Å². The molecule has 3 aromatic carbocycles. The minimum Gasteiger partial charge on any atom is -0.377 e. The lowest BCUT2D eigenvalue weighted by molar-refractivity contribution is -0.120. The highest BCUT2D eigenvalue weighted by Gasteiger charge is 2.19. The summed E-state index contributed by atoms with van der Waals surface area (Å²) >= 11 is 6.71.